The summed E-state index contributed by atoms with van der Waals surface area (Å²) in [6.07, 6.45) is -1.23. The van der Waals surface area contributed by atoms with Gasteiger partial charge in [-0.25, -0.2) is 18.4 Å². The molecule has 0 saturated heterocycles. The van der Waals surface area contributed by atoms with Crippen LogP contribution in [0.3, 0.4) is 0 Å². The van der Waals surface area contributed by atoms with Crippen molar-refractivity contribution in [2.24, 2.45) is 0 Å². The second-order valence-corrected chi connectivity index (χ2v) is 5.69. The van der Waals surface area contributed by atoms with Crippen molar-refractivity contribution < 1.29 is 27.8 Å². The van der Waals surface area contributed by atoms with Crippen molar-refractivity contribution >= 4 is 11.9 Å². The zero-order valence-electron chi connectivity index (χ0n) is 12.3. The topological polar surface area (TPSA) is 52.6 Å². The SMILES string of the molecule is CCC(F)(CC(C)(F)C(=O)OC)C(=O)OC(C)(C)C. The maximum atomic E-state index is 14.5. The van der Waals surface area contributed by atoms with E-state index in [1.54, 1.807) is 20.8 Å². The first-order valence-corrected chi connectivity index (χ1v) is 6.07. The van der Waals surface area contributed by atoms with Crippen LogP contribution in [0, 0.1) is 0 Å². The molecular weight excluding hydrogens is 258 g/mol. The van der Waals surface area contributed by atoms with Crippen molar-refractivity contribution in [1.82, 2.24) is 0 Å². The van der Waals surface area contributed by atoms with Gasteiger partial charge in [-0.2, -0.15) is 0 Å². The summed E-state index contributed by atoms with van der Waals surface area (Å²) in [7, 11) is 0.999. The molecule has 6 heteroatoms. The Morgan fingerprint density at radius 3 is 1.84 bits per heavy atom. The van der Waals surface area contributed by atoms with Gasteiger partial charge in [0.1, 0.15) is 5.60 Å². The molecule has 0 aliphatic carbocycles. The number of methoxy groups -OCH3 is 1. The minimum absolute atomic E-state index is 0.293. The standard InChI is InChI=1S/C13H22F2O4/c1-7-13(15,10(17)19-11(2,3)4)8-12(5,14)9(16)18-6/h7-8H2,1-6H3. The summed E-state index contributed by atoms with van der Waals surface area (Å²) in [6, 6.07) is 0. The predicted molar refractivity (Wildman–Crippen MR) is 66.1 cm³/mol. The van der Waals surface area contributed by atoms with Gasteiger partial charge in [0.05, 0.1) is 7.11 Å². The van der Waals surface area contributed by atoms with Crippen LogP contribution in [0.5, 0.6) is 0 Å². The Morgan fingerprint density at radius 1 is 1.05 bits per heavy atom. The smallest absolute Gasteiger partial charge is 0.344 e. The molecule has 0 aromatic heterocycles. The molecule has 0 N–H and O–H groups in total. The molecule has 4 nitrogen and oxygen atoms in total. The number of alkyl halides is 2. The summed E-state index contributed by atoms with van der Waals surface area (Å²) >= 11 is 0. The Bertz CT molecular complexity index is 347. The van der Waals surface area contributed by atoms with Gasteiger partial charge in [-0.15, -0.1) is 0 Å². The van der Waals surface area contributed by atoms with Crippen LogP contribution in [0.15, 0.2) is 0 Å². The lowest BCUT2D eigenvalue weighted by Gasteiger charge is -2.30. The number of esters is 2. The Kier molecular flexibility index (Phi) is 5.47. The van der Waals surface area contributed by atoms with Crippen molar-refractivity contribution in [3.05, 3.63) is 0 Å². The van der Waals surface area contributed by atoms with Crippen molar-refractivity contribution in [2.75, 3.05) is 7.11 Å². The molecule has 112 valence electrons. The van der Waals surface area contributed by atoms with E-state index in [1.807, 2.05) is 0 Å². The molecule has 2 atom stereocenters. The molecule has 0 aliphatic rings. The molecule has 0 amide bonds. The van der Waals surface area contributed by atoms with E-state index in [9.17, 15) is 18.4 Å². The van der Waals surface area contributed by atoms with Gasteiger partial charge in [0.25, 0.3) is 0 Å². The first kappa shape index (κ1) is 17.8. The largest absolute Gasteiger partial charge is 0.467 e. The molecule has 0 bridgehead atoms. The van der Waals surface area contributed by atoms with Gasteiger partial charge in [-0.1, -0.05) is 6.92 Å². The lowest BCUT2D eigenvalue weighted by Crippen LogP contribution is -2.46. The molecule has 0 rings (SSSR count). The Morgan fingerprint density at radius 2 is 1.53 bits per heavy atom. The van der Waals surface area contributed by atoms with Gasteiger partial charge in [-0.05, 0) is 34.1 Å². The maximum absolute atomic E-state index is 14.5. The zero-order chi connectivity index (χ0) is 15.5. The highest BCUT2D eigenvalue weighted by Gasteiger charge is 2.50. The van der Waals surface area contributed by atoms with Gasteiger partial charge in [0.15, 0.2) is 0 Å². The van der Waals surface area contributed by atoms with E-state index in [-0.39, 0.29) is 6.42 Å². The number of carbonyl (C=O) groups is 2. The molecule has 0 fully saturated rings. The van der Waals surface area contributed by atoms with Crippen molar-refractivity contribution in [1.29, 1.82) is 0 Å². The molecule has 0 aliphatic heterocycles. The van der Waals surface area contributed by atoms with E-state index < -0.39 is 35.3 Å². The fourth-order valence-corrected chi connectivity index (χ4v) is 1.52. The Balaban J connectivity index is 5.08. The highest BCUT2D eigenvalue weighted by Crippen LogP contribution is 2.33. The molecule has 0 radical (unpaired) electrons. The highest BCUT2D eigenvalue weighted by molar-refractivity contribution is 5.84. The first-order chi connectivity index (χ1) is 8.38. The number of halogens is 2. The van der Waals surface area contributed by atoms with Crippen LogP contribution in [0.2, 0.25) is 0 Å². The average molecular weight is 280 g/mol. The summed E-state index contributed by atoms with van der Waals surface area (Å²) in [5.74, 6) is -2.39. The molecule has 2 unspecified atom stereocenters. The summed E-state index contributed by atoms with van der Waals surface area (Å²) in [5.41, 5.74) is -6.04. The quantitative estimate of drug-likeness (QED) is 0.727. The van der Waals surface area contributed by atoms with E-state index in [2.05, 4.69) is 4.74 Å². The van der Waals surface area contributed by atoms with Crippen LogP contribution >= 0.6 is 0 Å². The fraction of sp³-hybridized carbons (Fsp3) is 0.846. The monoisotopic (exact) mass is 280 g/mol. The van der Waals surface area contributed by atoms with Crippen LogP contribution < -0.4 is 0 Å². The normalized spacial score (nSPS) is 18.1. The Labute approximate surface area is 112 Å². The van der Waals surface area contributed by atoms with Crippen LogP contribution in [-0.2, 0) is 19.1 Å². The minimum Gasteiger partial charge on any atom is -0.467 e. The summed E-state index contributed by atoms with van der Waals surface area (Å²) in [5, 5.41) is 0. The van der Waals surface area contributed by atoms with Gasteiger partial charge in [-0.3, -0.25) is 0 Å². The lowest BCUT2D eigenvalue weighted by molar-refractivity contribution is -0.175. The third-order valence-electron chi connectivity index (χ3n) is 2.55. The Hall–Kier alpha value is -1.20. The first-order valence-electron chi connectivity index (χ1n) is 6.07. The van der Waals surface area contributed by atoms with E-state index in [4.69, 9.17) is 4.74 Å². The maximum Gasteiger partial charge on any atom is 0.344 e. The average Bonchev–Trinajstić information content (AvgIpc) is 2.24. The van der Waals surface area contributed by atoms with E-state index in [0.29, 0.717) is 0 Å². The number of ether oxygens (including phenoxy) is 2. The molecule has 0 spiro atoms. The third-order valence-corrected chi connectivity index (χ3v) is 2.55. The third kappa shape index (κ3) is 5.12. The van der Waals surface area contributed by atoms with Crippen LogP contribution in [0.1, 0.15) is 47.5 Å². The van der Waals surface area contributed by atoms with Gasteiger partial charge >= 0.3 is 11.9 Å². The summed E-state index contributed by atoms with van der Waals surface area (Å²) in [6.45, 7) is 7.01. The van der Waals surface area contributed by atoms with Crippen LogP contribution in [0.25, 0.3) is 0 Å². The lowest BCUT2D eigenvalue weighted by atomic mass is 9.88. The second-order valence-electron chi connectivity index (χ2n) is 5.69. The number of rotatable bonds is 5. The van der Waals surface area contributed by atoms with Crippen LogP contribution in [0.4, 0.5) is 8.78 Å². The van der Waals surface area contributed by atoms with Gasteiger partial charge in [0, 0.05) is 6.42 Å². The molecule has 0 heterocycles. The number of hydrogen-bond acceptors (Lipinski definition) is 4. The molecule has 0 aromatic carbocycles. The molecule has 19 heavy (non-hydrogen) atoms. The summed E-state index contributed by atoms with van der Waals surface area (Å²) in [4.78, 5) is 23.0. The van der Waals surface area contributed by atoms with E-state index in [1.165, 1.54) is 6.92 Å². The van der Waals surface area contributed by atoms with Crippen molar-refractivity contribution in [3.8, 4) is 0 Å². The minimum atomic E-state index is -2.59. The fourth-order valence-electron chi connectivity index (χ4n) is 1.52. The van der Waals surface area contributed by atoms with E-state index >= 15 is 0 Å². The van der Waals surface area contributed by atoms with Crippen molar-refractivity contribution in [2.45, 2.75) is 64.4 Å². The highest BCUT2D eigenvalue weighted by atomic mass is 19.2. The van der Waals surface area contributed by atoms with Crippen LogP contribution in [-0.4, -0.2) is 36.0 Å². The van der Waals surface area contributed by atoms with E-state index in [0.717, 1.165) is 14.0 Å². The number of carbonyl (C=O) groups excluding carboxylic acids is 2. The van der Waals surface area contributed by atoms with Gasteiger partial charge in [0.2, 0.25) is 11.3 Å². The molecular formula is C13H22F2O4. The van der Waals surface area contributed by atoms with Gasteiger partial charge < -0.3 is 9.47 Å². The summed E-state index contributed by atoms with van der Waals surface area (Å²) < 4.78 is 37.7. The zero-order valence-corrected chi connectivity index (χ0v) is 12.3. The van der Waals surface area contributed by atoms with Crippen molar-refractivity contribution in [3.63, 3.8) is 0 Å². The second kappa shape index (κ2) is 5.84. The predicted octanol–water partition coefficient (Wildman–Crippen LogP) is 2.74. The number of hydrogen-bond donors (Lipinski definition) is 0. The molecule has 0 saturated carbocycles. The molecule has 0 aromatic rings.